The molecule has 0 radical (unpaired) electrons. The van der Waals surface area contributed by atoms with E-state index in [4.69, 9.17) is 5.73 Å². The molecule has 0 atom stereocenters. The molecule has 0 aromatic heterocycles. The highest BCUT2D eigenvalue weighted by molar-refractivity contribution is 4.86. The number of nitrogens with two attached hydrogens (primary N) is 1. The zero-order valence-corrected chi connectivity index (χ0v) is 10.3. The molecule has 0 unspecified atom stereocenters. The van der Waals surface area contributed by atoms with Crippen molar-refractivity contribution in [3.05, 3.63) is 0 Å². The fourth-order valence-corrected chi connectivity index (χ4v) is 3.03. The van der Waals surface area contributed by atoms with Crippen LogP contribution in [0.2, 0.25) is 0 Å². The zero-order valence-electron chi connectivity index (χ0n) is 10.3. The first kappa shape index (κ1) is 11.4. The molecule has 1 saturated heterocycles. The van der Waals surface area contributed by atoms with Crippen molar-refractivity contribution in [3.63, 3.8) is 0 Å². The monoisotopic (exact) mass is 210 g/mol. The fourth-order valence-electron chi connectivity index (χ4n) is 3.03. The SMILES string of the molecule is CC1(C)CCC(N2CCC(N)CC2)CC1. The van der Waals surface area contributed by atoms with E-state index < -0.39 is 0 Å². The van der Waals surface area contributed by atoms with E-state index in [9.17, 15) is 0 Å². The summed E-state index contributed by atoms with van der Waals surface area (Å²) in [5.41, 5.74) is 6.54. The van der Waals surface area contributed by atoms with Gasteiger partial charge in [0, 0.05) is 12.1 Å². The van der Waals surface area contributed by atoms with Crippen LogP contribution in [0.5, 0.6) is 0 Å². The molecule has 0 aromatic rings. The van der Waals surface area contributed by atoms with Gasteiger partial charge >= 0.3 is 0 Å². The quantitative estimate of drug-likeness (QED) is 0.720. The number of nitrogens with zero attached hydrogens (tertiary/aromatic N) is 1. The van der Waals surface area contributed by atoms with E-state index in [0.29, 0.717) is 11.5 Å². The Kier molecular flexibility index (Phi) is 3.36. The van der Waals surface area contributed by atoms with E-state index >= 15 is 0 Å². The average molecular weight is 210 g/mol. The second-order valence-corrected chi connectivity index (χ2v) is 6.27. The standard InChI is InChI=1S/C13H26N2/c1-13(2)7-3-12(4-8-13)15-9-5-11(14)6-10-15/h11-12H,3-10,14H2,1-2H3. The molecule has 15 heavy (non-hydrogen) atoms. The van der Waals surface area contributed by atoms with Crippen LogP contribution in [0.15, 0.2) is 0 Å². The molecule has 2 rings (SSSR count). The van der Waals surface area contributed by atoms with Gasteiger partial charge < -0.3 is 10.6 Å². The molecule has 1 saturated carbocycles. The normalized spacial score (nSPS) is 30.6. The highest BCUT2D eigenvalue weighted by Gasteiger charge is 2.31. The zero-order chi connectivity index (χ0) is 10.9. The number of hydrogen-bond donors (Lipinski definition) is 1. The van der Waals surface area contributed by atoms with Gasteiger partial charge in [0.05, 0.1) is 0 Å². The van der Waals surface area contributed by atoms with Crippen molar-refractivity contribution in [3.8, 4) is 0 Å². The first-order valence-electron chi connectivity index (χ1n) is 6.56. The minimum absolute atomic E-state index is 0.473. The van der Waals surface area contributed by atoms with Gasteiger partial charge in [0.25, 0.3) is 0 Å². The van der Waals surface area contributed by atoms with Crippen LogP contribution >= 0.6 is 0 Å². The van der Waals surface area contributed by atoms with Crippen LogP contribution < -0.4 is 5.73 Å². The molecule has 2 heteroatoms. The van der Waals surface area contributed by atoms with Gasteiger partial charge in [0.1, 0.15) is 0 Å². The summed E-state index contributed by atoms with van der Waals surface area (Å²) in [6, 6.07) is 1.34. The molecule has 88 valence electrons. The minimum atomic E-state index is 0.473. The van der Waals surface area contributed by atoms with Crippen molar-refractivity contribution in [1.29, 1.82) is 0 Å². The Balaban J connectivity index is 1.80. The van der Waals surface area contributed by atoms with E-state index in [1.165, 1.54) is 51.6 Å². The summed E-state index contributed by atoms with van der Waals surface area (Å²) in [6.07, 6.45) is 8.03. The Morgan fingerprint density at radius 1 is 1.00 bits per heavy atom. The van der Waals surface area contributed by atoms with Crippen LogP contribution in [0.25, 0.3) is 0 Å². The first-order chi connectivity index (χ1) is 7.07. The largest absolute Gasteiger partial charge is 0.328 e. The molecule has 1 heterocycles. The molecular weight excluding hydrogens is 184 g/mol. The first-order valence-corrected chi connectivity index (χ1v) is 6.56. The molecular formula is C13H26N2. The number of piperidine rings is 1. The van der Waals surface area contributed by atoms with E-state index in [1.54, 1.807) is 0 Å². The van der Waals surface area contributed by atoms with Crippen LogP contribution in [0, 0.1) is 5.41 Å². The number of hydrogen-bond acceptors (Lipinski definition) is 2. The van der Waals surface area contributed by atoms with Crippen LogP contribution in [0.3, 0.4) is 0 Å². The van der Waals surface area contributed by atoms with Gasteiger partial charge in [-0.2, -0.15) is 0 Å². The number of rotatable bonds is 1. The summed E-state index contributed by atoms with van der Waals surface area (Å²) < 4.78 is 0. The van der Waals surface area contributed by atoms with E-state index in [-0.39, 0.29) is 0 Å². The number of likely N-dealkylation sites (tertiary alicyclic amines) is 1. The van der Waals surface area contributed by atoms with Gasteiger partial charge in [-0.1, -0.05) is 13.8 Å². The van der Waals surface area contributed by atoms with Gasteiger partial charge in [0.2, 0.25) is 0 Å². The van der Waals surface area contributed by atoms with Crippen molar-refractivity contribution in [2.24, 2.45) is 11.1 Å². The second kappa shape index (κ2) is 4.42. The molecule has 2 aliphatic rings. The van der Waals surface area contributed by atoms with Crippen molar-refractivity contribution in [1.82, 2.24) is 4.90 Å². The highest BCUT2D eigenvalue weighted by Crippen LogP contribution is 2.37. The Morgan fingerprint density at radius 2 is 1.53 bits per heavy atom. The van der Waals surface area contributed by atoms with Gasteiger partial charge in [-0.25, -0.2) is 0 Å². The van der Waals surface area contributed by atoms with Crippen molar-refractivity contribution in [2.75, 3.05) is 13.1 Å². The van der Waals surface area contributed by atoms with Crippen molar-refractivity contribution < 1.29 is 0 Å². The van der Waals surface area contributed by atoms with Crippen LogP contribution in [0.1, 0.15) is 52.4 Å². The lowest BCUT2D eigenvalue weighted by atomic mass is 9.75. The molecule has 1 aliphatic carbocycles. The van der Waals surface area contributed by atoms with Crippen LogP contribution in [-0.4, -0.2) is 30.1 Å². The molecule has 2 nitrogen and oxygen atoms in total. The van der Waals surface area contributed by atoms with Gasteiger partial charge in [-0.15, -0.1) is 0 Å². The third-order valence-corrected chi connectivity index (χ3v) is 4.40. The molecule has 2 N–H and O–H groups in total. The third-order valence-electron chi connectivity index (χ3n) is 4.40. The minimum Gasteiger partial charge on any atom is -0.328 e. The Morgan fingerprint density at radius 3 is 2.07 bits per heavy atom. The van der Waals surface area contributed by atoms with Crippen LogP contribution in [-0.2, 0) is 0 Å². The summed E-state index contributed by atoms with van der Waals surface area (Å²) in [7, 11) is 0. The van der Waals surface area contributed by atoms with E-state index in [1.807, 2.05) is 0 Å². The molecule has 0 aromatic carbocycles. The highest BCUT2D eigenvalue weighted by atomic mass is 15.2. The average Bonchev–Trinajstić information content (AvgIpc) is 2.20. The molecule has 1 aliphatic heterocycles. The fraction of sp³-hybridized carbons (Fsp3) is 1.00. The summed E-state index contributed by atoms with van der Waals surface area (Å²) in [5, 5.41) is 0. The Hall–Kier alpha value is -0.0800. The Bertz CT molecular complexity index is 195. The summed E-state index contributed by atoms with van der Waals surface area (Å²) in [5.74, 6) is 0. The lowest BCUT2D eigenvalue weighted by Crippen LogP contribution is -2.46. The Labute approximate surface area is 94.2 Å². The van der Waals surface area contributed by atoms with Gasteiger partial charge in [-0.05, 0) is 57.0 Å². The lowest BCUT2D eigenvalue weighted by molar-refractivity contribution is 0.0861. The molecule has 0 spiro atoms. The second-order valence-electron chi connectivity index (χ2n) is 6.27. The van der Waals surface area contributed by atoms with E-state index in [2.05, 4.69) is 18.7 Å². The van der Waals surface area contributed by atoms with Gasteiger partial charge in [-0.3, -0.25) is 0 Å². The molecule has 0 bridgehead atoms. The molecule has 0 amide bonds. The smallest absolute Gasteiger partial charge is 0.00956 e. The topological polar surface area (TPSA) is 29.3 Å². The maximum atomic E-state index is 5.94. The molecule has 2 fully saturated rings. The van der Waals surface area contributed by atoms with Crippen molar-refractivity contribution in [2.45, 2.75) is 64.5 Å². The predicted octanol–water partition coefficient (Wildman–Crippen LogP) is 2.38. The van der Waals surface area contributed by atoms with Gasteiger partial charge in [0.15, 0.2) is 0 Å². The van der Waals surface area contributed by atoms with E-state index in [0.717, 1.165) is 6.04 Å². The van der Waals surface area contributed by atoms with Crippen molar-refractivity contribution >= 4 is 0 Å². The summed E-state index contributed by atoms with van der Waals surface area (Å²) in [4.78, 5) is 2.69. The maximum Gasteiger partial charge on any atom is 0.00956 e. The predicted molar refractivity (Wildman–Crippen MR) is 64.8 cm³/mol. The summed E-state index contributed by atoms with van der Waals surface area (Å²) >= 11 is 0. The summed E-state index contributed by atoms with van der Waals surface area (Å²) in [6.45, 7) is 7.31. The van der Waals surface area contributed by atoms with Crippen LogP contribution in [0.4, 0.5) is 0 Å². The lowest BCUT2D eigenvalue weighted by Gasteiger charge is -2.42. The third kappa shape index (κ3) is 2.94. The maximum absolute atomic E-state index is 5.94.